The lowest BCUT2D eigenvalue weighted by molar-refractivity contribution is -0.131. The van der Waals surface area contributed by atoms with Crippen molar-refractivity contribution < 1.29 is 14.7 Å². The van der Waals surface area contributed by atoms with E-state index in [2.05, 4.69) is 37.2 Å². The molecule has 2 amide bonds. The quantitative estimate of drug-likeness (QED) is 0.390. The third-order valence-corrected chi connectivity index (χ3v) is 7.01. The van der Waals surface area contributed by atoms with Gasteiger partial charge in [0.1, 0.15) is 5.70 Å². The average Bonchev–Trinajstić information content (AvgIpc) is 2.86. The first-order chi connectivity index (χ1) is 16.3. The zero-order valence-electron chi connectivity index (χ0n) is 18.4. The smallest absolute Gasteiger partial charge is 0.270 e. The molecule has 0 spiro atoms. The molecule has 1 saturated heterocycles. The van der Waals surface area contributed by atoms with Gasteiger partial charge in [-0.2, -0.15) is 0 Å². The first kappa shape index (κ1) is 24.4. The number of aliphatic hydroxyl groups is 1. The van der Waals surface area contributed by atoms with Gasteiger partial charge in [0.25, 0.3) is 11.8 Å². The summed E-state index contributed by atoms with van der Waals surface area (Å²) >= 11 is 6.84. The summed E-state index contributed by atoms with van der Waals surface area (Å²) in [6, 6.07) is 23.9. The Morgan fingerprint density at radius 1 is 0.853 bits per heavy atom. The number of nitrogens with one attached hydrogen (secondary N) is 1. The molecule has 1 fully saturated rings. The minimum absolute atomic E-state index is 0.199. The SMILES string of the molecule is O=C(N/C(=C\c1ccc(Br)cc1)C(=O)N1CCC(O)(c2ccc(Br)cc2)CC1)c1ccccc1. The van der Waals surface area contributed by atoms with E-state index in [4.69, 9.17) is 0 Å². The van der Waals surface area contributed by atoms with Crippen LogP contribution in [0.2, 0.25) is 0 Å². The van der Waals surface area contributed by atoms with Gasteiger partial charge >= 0.3 is 0 Å². The van der Waals surface area contributed by atoms with E-state index in [1.165, 1.54) is 0 Å². The topological polar surface area (TPSA) is 69.6 Å². The average molecular weight is 584 g/mol. The maximum atomic E-state index is 13.5. The largest absolute Gasteiger partial charge is 0.385 e. The number of hydrogen-bond donors (Lipinski definition) is 2. The summed E-state index contributed by atoms with van der Waals surface area (Å²) in [6.45, 7) is 0.758. The van der Waals surface area contributed by atoms with Crippen LogP contribution in [0.15, 0.2) is 93.5 Å². The van der Waals surface area contributed by atoms with Gasteiger partial charge in [-0.1, -0.05) is 74.3 Å². The van der Waals surface area contributed by atoms with Gasteiger partial charge in [-0.15, -0.1) is 0 Å². The number of halogens is 2. The third-order valence-electron chi connectivity index (χ3n) is 5.95. The Bertz CT molecular complexity index is 1180. The second kappa shape index (κ2) is 10.7. The predicted molar refractivity (Wildman–Crippen MR) is 140 cm³/mol. The van der Waals surface area contributed by atoms with E-state index in [0.717, 1.165) is 20.1 Å². The predicted octanol–water partition coefficient (Wildman–Crippen LogP) is 5.49. The van der Waals surface area contributed by atoms with Crippen molar-refractivity contribution in [3.8, 4) is 0 Å². The summed E-state index contributed by atoms with van der Waals surface area (Å²) in [5.41, 5.74) is 1.32. The van der Waals surface area contributed by atoms with Crippen LogP contribution in [-0.2, 0) is 10.4 Å². The van der Waals surface area contributed by atoms with Gasteiger partial charge in [-0.05, 0) is 66.4 Å². The molecule has 1 aliphatic heterocycles. The number of carbonyl (C=O) groups excluding carboxylic acids is 2. The lowest BCUT2D eigenvalue weighted by Gasteiger charge is -2.38. The summed E-state index contributed by atoms with van der Waals surface area (Å²) in [5.74, 6) is -0.620. The van der Waals surface area contributed by atoms with Crippen molar-refractivity contribution in [2.24, 2.45) is 0 Å². The van der Waals surface area contributed by atoms with Crippen molar-refractivity contribution in [1.82, 2.24) is 10.2 Å². The van der Waals surface area contributed by atoms with Crippen LogP contribution in [0.25, 0.3) is 6.08 Å². The highest BCUT2D eigenvalue weighted by molar-refractivity contribution is 9.10. The Morgan fingerprint density at radius 3 is 2.00 bits per heavy atom. The molecule has 7 heteroatoms. The molecule has 0 bridgehead atoms. The van der Waals surface area contributed by atoms with Gasteiger partial charge in [-0.3, -0.25) is 9.59 Å². The van der Waals surface area contributed by atoms with Crippen LogP contribution < -0.4 is 5.32 Å². The van der Waals surface area contributed by atoms with Gasteiger partial charge in [0.05, 0.1) is 5.60 Å². The monoisotopic (exact) mass is 582 g/mol. The molecule has 3 aromatic rings. The zero-order chi connectivity index (χ0) is 24.1. The summed E-state index contributed by atoms with van der Waals surface area (Å²) in [6.07, 6.45) is 2.52. The van der Waals surface area contributed by atoms with Crippen LogP contribution in [0.3, 0.4) is 0 Å². The number of amides is 2. The molecule has 0 unspecified atom stereocenters. The van der Waals surface area contributed by atoms with Crippen molar-refractivity contribution in [2.75, 3.05) is 13.1 Å². The molecule has 1 heterocycles. The van der Waals surface area contributed by atoms with Crippen molar-refractivity contribution in [3.63, 3.8) is 0 Å². The summed E-state index contributed by atoms with van der Waals surface area (Å²) in [4.78, 5) is 28.0. The number of benzene rings is 3. The Kier molecular flexibility index (Phi) is 7.66. The fourth-order valence-electron chi connectivity index (χ4n) is 3.96. The van der Waals surface area contributed by atoms with Gasteiger partial charge in [-0.25, -0.2) is 0 Å². The van der Waals surface area contributed by atoms with Crippen LogP contribution in [0, 0.1) is 0 Å². The summed E-state index contributed by atoms with van der Waals surface area (Å²) in [5, 5.41) is 14.0. The normalized spacial score (nSPS) is 15.6. The molecule has 5 nitrogen and oxygen atoms in total. The van der Waals surface area contributed by atoms with E-state index >= 15 is 0 Å². The Balaban J connectivity index is 1.54. The molecule has 2 N–H and O–H groups in total. The van der Waals surface area contributed by atoms with Crippen molar-refractivity contribution in [3.05, 3.63) is 110 Å². The molecule has 34 heavy (non-hydrogen) atoms. The highest BCUT2D eigenvalue weighted by Crippen LogP contribution is 2.33. The van der Waals surface area contributed by atoms with E-state index < -0.39 is 5.60 Å². The van der Waals surface area contributed by atoms with E-state index in [1.54, 1.807) is 35.2 Å². The first-order valence-corrected chi connectivity index (χ1v) is 12.5. The number of nitrogens with zero attached hydrogens (tertiary/aromatic N) is 1. The molecule has 174 valence electrons. The minimum Gasteiger partial charge on any atom is -0.385 e. The third kappa shape index (κ3) is 5.84. The molecule has 0 radical (unpaired) electrons. The van der Waals surface area contributed by atoms with Crippen molar-refractivity contribution in [1.29, 1.82) is 0 Å². The number of rotatable bonds is 5. The fourth-order valence-corrected chi connectivity index (χ4v) is 4.49. The number of carbonyl (C=O) groups is 2. The molecular weight excluding hydrogens is 560 g/mol. The van der Waals surface area contributed by atoms with Crippen molar-refractivity contribution in [2.45, 2.75) is 18.4 Å². The van der Waals surface area contributed by atoms with Gasteiger partial charge < -0.3 is 15.3 Å². The first-order valence-electron chi connectivity index (χ1n) is 11.0. The lowest BCUT2D eigenvalue weighted by atomic mass is 9.84. The van der Waals surface area contributed by atoms with Crippen LogP contribution in [0.4, 0.5) is 0 Å². The second-order valence-electron chi connectivity index (χ2n) is 8.26. The zero-order valence-corrected chi connectivity index (χ0v) is 21.6. The molecule has 0 aliphatic carbocycles. The van der Waals surface area contributed by atoms with Crippen LogP contribution >= 0.6 is 31.9 Å². The standard InChI is InChI=1S/C27H24Br2N2O3/c28-22-10-6-19(7-11-22)18-24(30-25(32)20-4-2-1-3-5-20)26(33)31-16-14-27(34,15-17-31)21-8-12-23(29)13-9-21/h1-13,18,34H,14-17H2,(H,30,32)/b24-18-. The van der Waals surface area contributed by atoms with Crippen LogP contribution in [0.1, 0.15) is 34.3 Å². The maximum absolute atomic E-state index is 13.5. The molecule has 4 rings (SSSR count). The summed E-state index contributed by atoms with van der Waals surface area (Å²) < 4.78 is 1.87. The van der Waals surface area contributed by atoms with Gasteiger partial charge in [0.2, 0.25) is 0 Å². The van der Waals surface area contributed by atoms with E-state index in [-0.39, 0.29) is 17.5 Å². The molecular formula is C27H24Br2N2O3. The number of hydrogen-bond acceptors (Lipinski definition) is 3. The second-order valence-corrected chi connectivity index (χ2v) is 10.1. The van der Waals surface area contributed by atoms with Crippen LogP contribution in [0.5, 0.6) is 0 Å². The van der Waals surface area contributed by atoms with Crippen molar-refractivity contribution >= 4 is 49.8 Å². The minimum atomic E-state index is -0.986. The molecule has 0 atom stereocenters. The lowest BCUT2D eigenvalue weighted by Crippen LogP contribution is -2.47. The van der Waals surface area contributed by atoms with Gasteiger partial charge in [0, 0.05) is 27.6 Å². The van der Waals surface area contributed by atoms with E-state index in [9.17, 15) is 14.7 Å². The highest BCUT2D eigenvalue weighted by Gasteiger charge is 2.36. The molecule has 3 aromatic carbocycles. The Hall–Kier alpha value is -2.74. The Morgan fingerprint density at radius 2 is 1.41 bits per heavy atom. The Labute approximate surface area is 215 Å². The number of piperidine rings is 1. The molecule has 0 saturated carbocycles. The van der Waals surface area contributed by atoms with E-state index in [1.807, 2.05) is 54.6 Å². The maximum Gasteiger partial charge on any atom is 0.270 e. The van der Waals surface area contributed by atoms with Crippen LogP contribution in [-0.4, -0.2) is 34.9 Å². The molecule has 0 aromatic heterocycles. The fraction of sp³-hybridized carbons (Fsp3) is 0.185. The number of likely N-dealkylation sites (tertiary alicyclic amines) is 1. The molecule has 1 aliphatic rings. The summed E-state index contributed by atoms with van der Waals surface area (Å²) in [7, 11) is 0. The van der Waals surface area contributed by atoms with Gasteiger partial charge in [0.15, 0.2) is 0 Å². The van der Waals surface area contributed by atoms with E-state index in [0.29, 0.717) is 31.5 Å². The highest BCUT2D eigenvalue weighted by atomic mass is 79.9.